The van der Waals surface area contributed by atoms with Crippen molar-refractivity contribution in [1.29, 1.82) is 0 Å². The Morgan fingerprint density at radius 2 is 2.20 bits per heavy atom. The van der Waals surface area contributed by atoms with E-state index in [0.717, 1.165) is 17.9 Å². The number of hydrogen-bond acceptors (Lipinski definition) is 3. The van der Waals surface area contributed by atoms with Gasteiger partial charge in [0.2, 0.25) is 0 Å². The van der Waals surface area contributed by atoms with E-state index in [1.165, 1.54) is 0 Å². The standard InChI is InChI=1S/C11H14N4/c1-2-15-10(6-8-14-15)11(12)9-5-3-4-7-13-9/h3-8,11H,2,12H2,1H3. The lowest BCUT2D eigenvalue weighted by Crippen LogP contribution is -2.18. The Morgan fingerprint density at radius 3 is 2.87 bits per heavy atom. The van der Waals surface area contributed by atoms with Gasteiger partial charge in [0.15, 0.2) is 0 Å². The summed E-state index contributed by atoms with van der Waals surface area (Å²) in [6.45, 7) is 2.87. The van der Waals surface area contributed by atoms with Gasteiger partial charge in [-0.05, 0) is 25.1 Å². The van der Waals surface area contributed by atoms with Crippen LogP contribution in [-0.2, 0) is 6.54 Å². The smallest absolute Gasteiger partial charge is 0.0896 e. The van der Waals surface area contributed by atoms with E-state index in [1.807, 2.05) is 35.9 Å². The van der Waals surface area contributed by atoms with Gasteiger partial charge in [0.05, 0.1) is 17.4 Å². The molecule has 15 heavy (non-hydrogen) atoms. The van der Waals surface area contributed by atoms with Crippen molar-refractivity contribution in [1.82, 2.24) is 14.8 Å². The van der Waals surface area contributed by atoms with Crippen molar-refractivity contribution in [2.45, 2.75) is 19.5 Å². The van der Waals surface area contributed by atoms with E-state index in [-0.39, 0.29) is 6.04 Å². The highest BCUT2D eigenvalue weighted by atomic mass is 15.3. The maximum Gasteiger partial charge on any atom is 0.0896 e. The van der Waals surface area contributed by atoms with Gasteiger partial charge in [-0.3, -0.25) is 9.67 Å². The van der Waals surface area contributed by atoms with Crippen LogP contribution in [0, 0.1) is 0 Å². The highest BCUT2D eigenvalue weighted by Crippen LogP contribution is 2.16. The Morgan fingerprint density at radius 1 is 1.33 bits per heavy atom. The number of nitrogens with two attached hydrogens (primary N) is 1. The van der Waals surface area contributed by atoms with Gasteiger partial charge in [0.25, 0.3) is 0 Å². The fourth-order valence-electron chi connectivity index (χ4n) is 1.58. The molecule has 2 aromatic heterocycles. The summed E-state index contributed by atoms with van der Waals surface area (Å²) in [5, 5.41) is 4.19. The van der Waals surface area contributed by atoms with Crippen molar-refractivity contribution in [3.63, 3.8) is 0 Å². The first-order valence-electron chi connectivity index (χ1n) is 5.01. The van der Waals surface area contributed by atoms with Crippen LogP contribution in [0.1, 0.15) is 24.4 Å². The molecule has 0 saturated carbocycles. The maximum absolute atomic E-state index is 6.11. The second-order valence-corrected chi connectivity index (χ2v) is 3.30. The zero-order chi connectivity index (χ0) is 10.7. The first kappa shape index (κ1) is 9.86. The van der Waals surface area contributed by atoms with Gasteiger partial charge in [-0.2, -0.15) is 5.10 Å². The molecule has 0 fully saturated rings. The largest absolute Gasteiger partial charge is 0.318 e. The van der Waals surface area contributed by atoms with Crippen LogP contribution in [0.25, 0.3) is 0 Å². The van der Waals surface area contributed by atoms with Crippen LogP contribution in [0.5, 0.6) is 0 Å². The topological polar surface area (TPSA) is 56.7 Å². The van der Waals surface area contributed by atoms with Gasteiger partial charge < -0.3 is 5.73 Å². The Balaban J connectivity index is 2.32. The highest BCUT2D eigenvalue weighted by molar-refractivity contribution is 5.20. The van der Waals surface area contributed by atoms with E-state index in [0.29, 0.717) is 0 Å². The van der Waals surface area contributed by atoms with Gasteiger partial charge in [-0.25, -0.2) is 0 Å². The lowest BCUT2D eigenvalue weighted by atomic mass is 10.1. The molecule has 1 atom stereocenters. The molecule has 0 saturated heterocycles. The van der Waals surface area contributed by atoms with Crippen LogP contribution >= 0.6 is 0 Å². The number of pyridine rings is 1. The van der Waals surface area contributed by atoms with Gasteiger partial charge in [0.1, 0.15) is 0 Å². The molecule has 4 heteroatoms. The number of rotatable bonds is 3. The van der Waals surface area contributed by atoms with Crippen LogP contribution in [0.3, 0.4) is 0 Å². The first-order chi connectivity index (χ1) is 7.33. The van der Waals surface area contributed by atoms with E-state index in [2.05, 4.69) is 10.1 Å². The Labute approximate surface area is 88.8 Å². The van der Waals surface area contributed by atoms with Crippen molar-refractivity contribution in [2.24, 2.45) is 5.73 Å². The third-order valence-electron chi connectivity index (χ3n) is 2.37. The molecule has 0 aliphatic carbocycles. The second-order valence-electron chi connectivity index (χ2n) is 3.30. The third kappa shape index (κ3) is 1.89. The third-order valence-corrected chi connectivity index (χ3v) is 2.37. The van der Waals surface area contributed by atoms with E-state index in [4.69, 9.17) is 5.73 Å². The average Bonchev–Trinajstić information content (AvgIpc) is 2.77. The highest BCUT2D eigenvalue weighted by Gasteiger charge is 2.13. The molecular weight excluding hydrogens is 188 g/mol. The fourth-order valence-corrected chi connectivity index (χ4v) is 1.58. The minimum absolute atomic E-state index is 0.200. The number of nitrogens with zero attached hydrogens (tertiary/aromatic N) is 3. The molecule has 2 rings (SSSR count). The number of aromatic nitrogens is 3. The summed E-state index contributed by atoms with van der Waals surface area (Å²) in [6.07, 6.45) is 3.52. The van der Waals surface area contributed by atoms with Crippen LogP contribution in [-0.4, -0.2) is 14.8 Å². The molecule has 2 heterocycles. The predicted molar refractivity (Wildman–Crippen MR) is 58.2 cm³/mol. The minimum Gasteiger partial charge on any atom is -0.318 e. The van der Waals surface area contributed by atoms with Gasteiger partial charge in [-0.15, -0.1) is 0 Å². The molecule has 0 aliphatic heterocycles. The quantitative estimate of drug-likeness (QED) is 0.817. The Kier molecular flexibility index (Phi) is 2.78. The molecule has 4 nitrogen and oxygen atoms in total. The van der Waals surface area contributed by atoms with E-state index in [9.17, 15) is 0 Å². The summed E-state index contributed by atoms with van der Waals surface area (Å²) in [7, 11) is 0. The predicted octanol–water partition coefficient (Wildman–Crippen LogP) is 1.35. The van der Waals surface area contributed by atoms with Crippen LogP contribution in [0.2, 0.25) is 0 Å². The Bertz CT molecular complexity index is 421. The molecule has 0 spiro atoms. The van der Waals surface area contributed by atoms with Crippen LogP contribution in [0.4, 0.5) is 0 Å². The molecule has 0 aromatic carbocycles. The molecule has 2 aromatic rings. The summed E-state index contributed by atoms with van der Waals surface area (Å²) < 4.78 is 1.89. The fraction of sp³-hybridized carbons (Fsp3) is 0.273. The van der Waals surface area contributed by atoms with Gasteiger partial charge in [0, 0.05) is 18.9 Å². The molecule has 0 radical (unpaired) electrons. The molecule has 78 valence electrons. The van der Waals surface area contributed by atoms with Gasteiger partial charge >= 0.3 is 0 Å². The Hall–Kier alpha value is -1.68. The molecule has 0 aliphatic rings. The van der Waals surface area contributed by atoms with Crippen molar-refractivity contribution >= 4 is 0 Å². The number of hydrogen-bond donors (Lipinski definition) is 1. The SMILES string of the molecule is CCn1nccc1C(N)c1ccccn1. The van der Waals surface area contributed by atoms with Crippen LogP contribution < -0.4 is 5.73 Å². The normalized spacial score (nSPS) is 12.7. The second kappa shape index (κ2) is 4.23. The van der Waals surface area contributed by atoms with Crippen molar-refractivity contribution < 1.29 is 0 Å². The average molecular weight is 202 g/mol. The molecule has 2 N–H and O–H groups in total. The molecule has 1 unspecified atom stereocenters. The van der Waals surface area contributed by atoms with Crippen molar-refractivity contribution in [3.8, 4) is 0 Å². The lowest BCUT2D eigenvalue weighted by molar-refractivity contribution is 0.596. The summed E-state index contributed by atoms with van der Waals surface area (Å²) in [5.41, 5.74) is 7.98. The first-order valence-corrected chi connectivity index (χ1v) is 5.01. The van der Waals surface area contributed by atoms with Crippen molar-refractivity contribution in [2.75, 3.05) is 0 Å². The van der Waals surface area contributed by atoms with E-state index < -0.39 is 0 Å². The minimum atomic E-state index is -0.200. The summed E-state index contributed by atoms with van der Waals surface area (Å²) in [5.74, 6) is 0. The molecular formula is C11H14N4. The molecule has 0 bridgehead atoms. The summed E-state index contributed by atoms with van der Waals surface area (Å²) >= 11 is 0. The van der Waals surface area contributed by atoms with E-state index in [1.54, 1.807) is 12.4 Å². The van der Waals surface area contributed by atoms with Gasteiger partial charge in [-0.1, -0.05) is 6.07 Å². The van der Waals surface area contributed by atoms with E-state index >= 15 is 0 Å². The van der Waals surface area contributed by atoms with Crippen LogP contribution in [0.15, 0.2) is 36.7 Å². The molecule has 0 amide bonds. The summed E-state index contributed by atoms with van der Waals surface area (Å²) in [6, 6.07) is 7.48. The number of aryl methyl sites for hydroxylation is 1. The maximum atomic E-state index is 6.11. The monoisotopic (exact) mass is 202 g/mol. The zero-order valence-corrected chi connectivity index (χ0v) is 8.67. The zero-order valence-electron chi connectivity index (χ0n) is 8.67. The summed E-state index contributed by atoms with van der Waals surface area (Å²) in [4.78, 5) is 4.24. The van der Waals surface area contributed by atoms with Crippen molar-refractivity contribution in [3.05, 3.63) is 48.0 Å². The lowest BCUT2D eigenvalue weighted by Gasteiger charge is -2.12.